The molecule has 1 unspecified atom stereocenters. The second kappa shape index (κ2) is 5.85. The summed E-state index contributed by atoms with van der Waals surface area (Å²) in [4.78, 5) is 2.40. The lowest BCUT2D eigenvalue weighted by molar-refractivity contribution is 0.0435. The summed E-state index contributed by atoms with van der Waals surface area (Å²) >= 11 is 2.00. The van der Waals surface area contributed by atoms with Crippen molar-refractivity contribution in [1.29, 1.82) is 0 Å². The third-order valence-corrected chi connectivity index (χ3v) is 5.14. The summed E-state index contributed by atoms with van der Waals surface area (Å²) in [5.74, 6) is 2.42. The van der Waals surface area contributed by atoms with Gasteiger partial charge in [-0.15, -0.1) is 0 Å². The topological polar surface area (TPSA) is 29.3 Å². The molecule has 5 heteroatoms. The average Bonchev–Trinajstić information content (AvgIpc) is 2.54. The fraction of sp³-hybridized carbons (Fsp3) is 1.00. The number of likely N-dealkylation sites (tertiary alicyclic amines) is 1. The predicted molar refractivity (Wildman–Crippen MR) is 68.7 cm³/mol. The van der Waals surface area contributed by atoms with Crippen molar-refractivity contribution < 1.29 is 8.78 Å². The van der Waals surface area contributed by atoms with E-state index in [2.05, 4.69) is 4.90 Å². The van der Waals surface area contributed by atoms with E-state index in [0.717, 1.165) is 19.5 Å². The Balaban J connectivity index is 1.90. The van der Waals surface area contributed by atoms with Crippen molar-refractivity contribution in [1.82, 2.24) is 4.90 Å². The minimum atomic E-state index is -2.38. The molecular formula is C12H22F2N2S. The van der Waals surface area contributed by atoms with Gasteiger partial charge in [0, 0.05) is 12.6 Å². The second-order valence-corrected chi connectivity index (χ2v) is 6.49. The number of nitrogens with zero attached hydrogens (tertiary/aromatic N) is 1. The van der Waals surface area contributed by atoms with Crippen LogP contribution in [0.15, 0.2) is 0 Å². The van der Waals surface area contributed by atoms with Crippen molar-refractivity contribution in [2.45, 2.75) is 50.1 Å². The number of nitrogens with two attached hydrogens (primary N) is 1. The summed E-state index contributed by atoms with van der Waals surface area (Å²) < 4.78 is 25.8. The summed E-state index contributed by atoms with van der Waals surface area (Å²) in [5, 5.41) is 0. The quantitative estimate of drug-likeness (QED) is 0.830. The van der Waals surface area contributed by atoms with Gasteiger partial charge in [-0.1, -0.05) is 0 Å². The molecular weight excluding hydrogens is 242 g/mol. The molecule has 2 aliphatic rings. The zero-order chi connectivity index (χ0) is 12.3. The van der Waals surface area contributed by atoms with Crippen LogP contribution in [0.5, 0.6) is 0 Å². The van der Waals surface area contributed by atoms with Crippen molar-refractivity contribution in [3.05, 3.63) is 0 Å². The predicted octanol–water partition coefficient (Wildman–Crippen LogP) is 2.33. The van der Waals surface area contributed by atoms with Gasteiger partial charge in [-0.2, -0.15) is 11.8 Å². The normalized spacial score (nSPS) is 33.9. The minimum Gasteiger partial charge on any atom is -0.320 e. The van der Waals surface area contributed by atoms with Gasteiger partial charge in [-0.3, -0.25) is 0 Å². The molecule has 2 fully saturated rings. The number of hydrogen-bond donors (Lipinski definition) is 1. The van der Waals surface area contributed by atoms with Gasteiger partial charge >= 0.3 is 0 Å². The number of hydrogen-bond acceptors (Lipinski definition) is 3. The fourth-order valence-corrected chi connectivity index (χ4v) is 3.92. The van der Waals surface area contributed by atoms with E-state index in [4.69, 9.17) is 5.73 Å². The minimum absolute atomic E-state index is 0.439. The molecule has 1 atom stereocenters. The van der Waals surface area contributed by atoms with Crippen molar-refractivity contribution in [3.8, 4) is 0 Å². The monoisotopic (exact) mass is 264 g/mol. The molecule has 100 valence electrons. The van der Waals surface area contributed by atoms with E-state index >= 15 is 0 Å². The van der Waals surface area contributed by atoms with Crippen LogP contribution in [0.2, 0.25) is 0 Å². The van der Waals surface area contributed by atoms with Gasteiger partial charge in [-0.05, 0) is 50.2 Å². The van der Waals surface area contributed by atoms with Crippen LogP contribution in [0.4, 0.5) is 8.78 Å². The largest absolute Gasteiger partial charge is 0.320 e. The lowest BCUT2D eigenvalue weighted by Crippen LogP contribution is -2.48. The molecule has 0 spiro atoms. The van der Waals surface area contributed by atoms with Gasteiger partial charge in [-0.25, -0.2) is 8.78 Å². The summed E-state index contributed by atoms with van der Waals surface area (Å²) in [6.45, 7) is 1.69. The Kier molecular flexibility index (Phi) is 4.66. The number of thioether (sulfide) groups is 1. The van der Waals surface area contributed by atoms with E-state index in [1.165, 1.54) is 24.3 Å². The maximum absolute atomic E-state index is 12.9. The molecule has 0 aromatic rings. The summed E-state index contributed by atoms with van der Waals surface area (Å²) in [7, 11) is 0. The highest BCUT2D eigenvalue weighted by molar-refractivity contribution is 7.99. The van der Waals surface area contributed by atoms with Crippen LogP contribution in [-0.2, 0) is 0 Å². The standard InChI is InChI=1S/C12H22F2N2S/c13-11(14)12(15)4-1-6-16(7-5-12)10-2-8-17-9-3-10/h10-11H,1-9,15H2. The Morgan fingerprint density at radius 1 is 1.18 bits per heavy atom. The van der Waals surface area contributed by atoms with Crippen LogP contribution in [0.1, 0.15) is 32.1 Å². The molecule has 0 aliphatic carbocycles. The molecule has 2 aliphatic heterocycles. The van der Waals surface area contributed by atoms with Crippen LogP contribution in [-0.4, -0.2) is 47.5 Å². The first-order valence-corrected chi connectivity index (χ1v) is 7.66. The molecule has 2 nitrogen and oxygen atoms in total. The van der Waals surface area contributed by atoms with Gasteiger partial charge in [0.15, 0.2) is 0 Å². The fourth-order valence-electron chi connectivity index (χ4n) is 2.83. The first-order chi connectivity index (χ1) is 8.12. The lowest BCUT2D eigenvalue weighted by atomic mass is 9.92. The van der Waals surface area contributed by atoms with Crippen LogP contribution in [0.25, 0.3) is 0 Å². The maximum atomic E-state index is 12.9. The zero-order valence-electron chi connectivity index (χ0n) is 10.2. The Labute approximate surface area is 106 Å². The molecule has 2 heterocycles. The molecule has 2 saturated heterocycles. The van der Waals surface area contributed by atoms with Crippen molar-refractivity contribution in [2.24, 2.45) is 5.73 Å². The molecule has 0 amide bonds. The second-order valence-electron chi connectivity index (χ2n) is 5.27. The van der Waals surface area contributed by atoms with E-state index in [0.29, 0.717) is 18.9 Å². The molecule has 0 radical (unpaired) electrons. The molecule has 2 rings (SSSR count). The van der Waals surface area contributed by atoms with E-state index in [1.807, 2.05) is 11.8 Å². The first kappa shape index (κ1) is 13.6. The molecule has 0 bridgehead atoms. The van der Waals surface area contributed by atoms with E-state index in [9.17, 15) is 8.78 Å². The van der Waals surface area contributed by atoms with Crippen molar-refractivity contribution in [3.63, 3.8) is 0 Å². The SMILES string of the molecule is NC1(C(F)F)CCCN(C2CCSCC2)CC1. The van der Waals surface area contributed by atoms with Crippen molar-refractivity contribution >= 4 is 11.8 Å². The Bertz CT molecular complexity index is 247. The highest BCUT2D eigenvalue weighted by Crippen LogP contribution is 2.29. The van der Waals surface area contributed by atoms with E-state index in [-0.39, 0.29) is 0 Å². The van der Waals surface area contributed by atoms with Gasteiger partial charge in [0.1, 0.15) is 0 Å². The molecule has 17 heavy (non-hydrogen) atoms. The smallest absolute Gasteiger partial charge is 0.256 e. The van der Waals surface area contributed by atoms with Crippen LogP contribution in [0, 0.1) is 0 Å². The average molecular weight is 264 g/mol. The summed E-state index contributed by atoms with van der Waals surface area (Å²) in [6, 6.07) is 0.608. The summed E-state index contributed by atoms with van der Waals surface area (Å²) in [6.07, 6.45) is 1.74. The highest BCUT2D eigenvalue weighted by atomic mass is 32.2. The first-order valence-electron chi connectivity index (χ1n) is 6.51. The third-order valence-electron chi connectivity index (χ3n) is 4.09. The highest BCUT2D eigenvalue weighted by Gasteiger charge is 2.38. The van der Waals surface area contributed by atoms with Crippen molar-refractivity contribution in [2.75, 3.05) is 24.6 Å². The molecule has 0 aromatic carbocycles. The zero-order valence-corrected chi connectivity index (χ0v) is 11.0. The van der Waals surface area contributed by atoms with Crippen LogP contribution in [0.3, 0.4) is 0 Å². The summed E-state index contributed by atoms with van der Waals surface area (Å²) in [5.41, 5.74) is 4.57. The maximum Gasteiger partial charge on any atom is 0.256 e. The van der Waals surface area contributed by atoms with E-state index < -0.39 is 12.0 Å². The molecule has 2 N–H and O–H groups in total. The number of rotatable bonds is 2. The van der Waals surface area contributed by atoms with Gasteiger partial charge in [0.25, 0.3) is 6.43 Å². The lowest BCUT2D eigenvalue weighted by Gasteiger charge is -2.33. The third kappa shape index (κ3) is 3.32. The number of halogens is 2. The Hall–Kier alpha value is 0.130. The van der Waals surface area contributed by atoms with Gasteiger partial charge < -0.3 is 10.6 Å². The van der Waals surface area contributed by atoms with Gasteiger partial charge in [0.2, 0.25) is 0 Å². The van der Waals surface area contributed by atoms with E-state index in [1.54, 1.807) is 0 Å². The number of alkyl halides is 2. The molecule has 0 saturated carbocycles. The van der Waals surface area contributed by atoms with Crippen LogP contribution >= 0.6 is 11.8 Å². The Morgan fingerprint density at radius 3 is 2.53 bits per heavy atom. The van der Waals surface area contributed by atoms with Crippen LogP contribution < -0.4 is 5.73 Å². The Morgan fingerprint density at radius 2 is 1.88 bits per heavy atom. The van der Waals surface area contributed by atoms with Gasteiger partial charge in [0.05, 0.1) is 5.54 Å². The molecule has 0 aromatic heterocycles.